The fourth-order valence-electron chi connectivity index (χ4n) is 1.01. The van der Waals surface area contributed by atoms with Crippen LogP contribution in [0.3, 0.4) is 0 Å². The van der Waals surface area contributed by atoms with E-state index in [4.69, 9.17) is 10.5 Å². The highest BCUT2D eigenvalue weighted by Crippen LogP contribution is 1.92. The molecule has 5 heteroatoms. The van der Waals surface area contributed by atoms with Crippen molar-refractivity contribution >= 4 is 5.91 Å². The van der Waals surface area contributed by atoms with Crippen molar-refractivity contribution in [1.82, 2.24) is 9.80 Å². The Labute approximate surface area is 90.5 Å². The molecule has 0 aliphatic rings. The zero-order valence-electron chi connectivity index (χ0n) is 9.23. The van der Waals surface area contributed by atoms with Gasteiger partial charge in [0, 0.05) is 26.6 Å². The number of likely N-dealkylation sites (N-methyl/N-ethyl adjacent to an activating group) is 2. The van der Waals surface area contributed by atoms with Crippen LogP contribution in [0.15, 0.2) is 0 Å². The fraction of sp³-hybridized carbons (Fsp3) is 0.700. The molecule has 0 heterocycles. The number of hydrogen-bond donors (Lipinski definition) is 0. The molecule has 0 fully saturated rings. The standard InChI is InChI=1S/C10H16N4O/c1-13(7-3-5-11)9-10(15)14(2)8-4-6-12/h3-4,7-9H2,1-2H3. The van der Waals surface area contributed by atoms with Gasteiger partial charge in [0.05, 0.1) is 25.1 Å². The molecule has 0 bridgehead atoms. The lowest BCUT2D eigenvalue weighted by atomic mass is 10.3. The van der Waals surface area contributed by atoms with E-state index in [0.29, 0.717) is 32.5 Å². The first-order chi connectivity index (χ1) is 7.11. The van der Waals surface area contributed by atoms with Crippen LogP contribution < -0.4 is 0 Å². The van der Waals surface area contributed by atoms with E-state index in [1.54, 1.807) is 19.0 Å². The molecular formula is C10H16N4O. The van der Waals surface area contributed by atoms with Gasteiger partial charge >= 0.3 is 0 Å². The average Bonchev–Trinajstić information content (AvgIpc) is 2.22. The van der Waals surface area contributed by atoms with Gasteiger partial charge in [-0.05, 0) is 7.05 Å². The molecule has 0 spiro atoms. The average molecular weight is 208 g/mol. The molecule has 0 aliphatic heterocycles. The summed E-state index contributed by atoms with van der Waals surface area (Å²) >= 11 is 0. The van der Waals surface area contributed by atoms with Gasteiger partial charge in [0.25, 0.3) is 0 Å². The van der Waals surface area contributed by atoms with E-state index in [1.807, 2.05) is 12.1 Å². The minimum Gasteiger partial charge on any atom is -0.344 e. The third kappa shape index (κ3) is 6.48. The lowest BCUT2D eigenvalue weighted by Crippen LogP contribution is -2.37. The smallest absolute Gasteiger partial charge is 0.236 e. The Morgan fingerprint density at radius 1 is 1.13 bits per heavy atom. The first-order valence-electron chi connectivity index (χ1n) is 4.78. The van der Waals surface area contributed by atoms with Gasteiger partial charge in [-0.2, -0.15) is 10.5 Å². The second kappa shape index (κ2) is 7.78. The maximum atomic E-state index is 11.5. The van der Waals surface area contributed by atoms with Crippen molar-refractivity contribution in [2.24, 2.45) is 0 Å². The predicted molar refractivity (Wildman–Crippen MR) is 55.6 cm³/mol. The molecular weight excluding hydrogens is 192 g/mol. The van der Waals surface area contributed by atoms with Crippen LogP contribution in [-0.2, 0) is 4.79 Å². The minimum absolute atomic E-state index is 0.0225. The molecule has 0 saturated heterocycles. The molecule has 0 radical (unpaired) electrons. The van der Waals surface area contributed by atoms with Crippen molar-refractivity contribution in [3.8, 4) is 12.1 Å². The third-order valence-electron chi connectivity index (χ3n) is 2.00. The van der Waals surface area contributed by atoms with Gasteiger partial charge in [0.2, 0.25) is 5.91 Å². The Bertz CT molecular complexity index is 276. The largest absolute Gasteiger partial charge is 0.344 e. The molecule has 0 aliphatic carbocycles. The van der Waals surface area contributed by atoms with Crippen molar-refractivity contribution in [2.45, 2.75) is 12.8 Å². The van der Waals surface area contributed by atoms with Crippen LogP contribution in [0.4, 0.5) is 0 Å². The summed E-state index contributed by atoms with van der Waals surface area (Å²) in [7, 11) is 3.48. The minimum atomic E-state index is -0.0225. The molecule has 0 unspecified atom stereocenters. The zero-order valence-corrected chi connectivity index (χ0v) is 9.23. The molecule has 0 atom stereocenters. The summed E-state index contributed by atoms with van der Waals surface area (Å²) in [5, 5.41) is 16.7. The first-order valence-corrected chi connectivity index (χ1v) is 4.78. The highest BCUT2D eigenvalue weighted by molar-refractivity contribution is 5.77. The van der Waals surface area contributed by atoms with E-state index < -0.39 is 0 Å². The molecule has 0 N–H and O–H groups in total. The Morgan fingerprint density at radius 3 is 2.20 bits per heavy atom. The molecule has 1 amide bonds. The normalized spacial score (nSPS) is 9.40. The highest BCUT2D eigenvalue weighted by atomic mass is 16.2. The highest BCUT2D eigenvalue weighted by Gasteiger charge is 2.10. The summed E-state index contributed by atoms with van der Waals surface area (Å²) in [4.78, 5) is 14.8. The topological polar surface area (TPSA) is 71.1 Å². The van der Waals surface area contributed by atoms with Crippen LogP contribution >= 0.6 is 0 Å². The van der Waals surface area contributed by atoms with Crippen molar-refractivity contribution in [2.75, 3.05) is 33.7 Å². The maximum Gasteiger partial charge on any atom is 0.236 e. The number of carbonyl (C=O) groups excluding carboxylic acids is 1. The van der Waals surface area contributed by atoms with Gasteiger partial charge in [0.15, 0.2) is 0 Å². The summed E-state index contributed by atoms with van der Waals surface area (Å²) in [5.74, 6) is -0.0225. The fourth-order valence-corrected chi connectivity index (χ4v) is 1.01. The van der Waals surface area contributed by atoms with E-state index in [9.17, 15) is 4.79 Å². The third-order valence-corrected chi connectivity index (χ3v) is 2.00. The Balaban J connectivity index is 3.82. The lowest BCUT2D eigenvalue weighted by molar-refractivity contribution is -0.130. The van der Waals surface area contributed by atoms with Crippen LogP contribution in [0, 0.1) is 22.7 Å². The predicted octanol–water partition coefficient (Wildman–Crippen LogP) is 0.204. The van der Waals surface area contributed by atoms with Gasteiger partial charge in [-0.1, -0.05) is 0 Å². The van der Waals surface area contributed by atoms with E-state index in [-0.39, 0.29) is 5.91 Å². The number of rotatable bonds is 6. The zero-order chi connectivity index (χ0) is 11.7. The lowest BCUT2D eigenvalue weighted by Gasteiger charge is -2.20. The number of nitriles is 2. The molecule has 0 aromatic heterocycles. The van der Waals surface area contributed by atoms with E-state index in [2.05, 4.69) is 0 Å². The summed E-state index contributed by atoms with van der Waals surface area (Å²) in [6.45, 7) is 1.35. The summed E-state index contributed by atoms with van der Waals surface area (Å²) in [5.41, 5.74) is 0. The molecule has 0 saturated carbocycles. The van der Waals surface area contributed by atoms with Crippen LogP contribution in [0.1, 0.15) is 12.8 Å². The molecule has 5 nitrogen and oxygen atoms in total. The first kappa shape index (κ1) is 13.4. The van der Waals surface area contributed by atoms with E-state index in [1.165, 1.54) is 4.90 Å². The molecule has 0 rings (SSSR count). The Kier molecular flexibility index (Phi) is 6.96. The van der Waals surface area contributed by atoms with Gasteiger partial charge < -0.3 is 4.90 Å². The van der Waals surface area contributed by atoms with Crippen LogP contribution in [0.25, 0.3) is 0 Å². The van der Waals surface area contributed by atoms with Crippen molar-refractivity contribution in [1.29, 1.82) is 10.5 Å². The quantitative estimate of drug-likeness (QED) is 0.625. The van der Waals surface area contributed by atoms with Crippen LogP contribution in [0.5, 0.6) is 0 Å². The second-order valence-corrected chi connectivity index (χ2v) is 3.37. The number of carbonyl (C=O) groups is 1. The van der Waals surface area contributed by atoms with Crippen LogP contribution in [-0.4, -0.2) is 49.4 Å². The van der Waals surface area contributed by atoms with Gasteiger partial charge in [-0.15, -0.1) is 0 Å². The Morgan fingerprint density at radius 2 is 1.67 bits per heavy atom. The molecule has 0 aromatic carbocycles. The Hall–Kier alpha value is -1.59. The number of nitrogens with zero attached hydrogens (tertiary/aromatic N) is 4. The summed E-state index contributed by atoms with van der Waals surface area (Å²) in [6.07, 6.45) is 0.774. The van der Waals surface area contributed by atoms with Gasteiger partial charge in [0.1, 0.15) is 0 Å². The van der Waals surface area contributed by atoms with Crippen molar-refractivity contribution in [3.05, 3.63) is 0 Å². The van der Waals surface area contributed by atoms with E-state index in [0.717, 1.165) is 0 Å². The second-order valence-electron chi connectivity index (χ2n) is 3.37. The molecule has 15 heavy (non-hydrogen) atoms. The van der Waals surface area contributed by atoms with Gasteiger partial charge in [-0.25, -0.2) is 0 Å². The van der Waals surface area contributed by atoms with Crippen molar-refractivity contribution < 1.29 is 4.79 Å². The maximum absolute atomic E-state index is 11.5. The monoisotopic (exact) mass is 208 g/mol. The van der Waals surface area contributed by atoms with Crippen molar-refractivity contribution in [3.63, 3.8) is 0 Å². The number of hydrogen-bond acceptors (Lipinski definition) is 4. The molecule has 82 valence electrons. The van der Waals surface area contributed by atoms with Crippen LogP contribution in [0.2, 0.25) is 0 Å². The van der Waals surface area contributed by atoms with E-state index >= 15 is 0 Å². The molecule has 0 aromatic rings. The number of amides is 1. The summed E-state index contributed by atoms with van der Waals surface area (Å²) in [6, 6.07) is 4.02. The summed E-state index contributed by atoms with van der Waals surface area (Å²) < 4.78 is 0. The SMILES string of the molecule is CN(CCC#N)CC(=O)N(C)CCC#N. The van der Waals surface area contributed by atoms with Gasteiger partial charge in [-0.3, -0.25) is 9.69 Å².